The van der Waals surface area contributed by atoms with E-state index in [0.29, 0.717) is 28.9 Å². The highest BCUT2D eigenvalue weighted by atomic mass is 19.1. The van der Waals surface area contributed by atoms with Crippen LogP contribution in [-0.4, -0.2) is 28.4 Å². The molecule has 0 aliphatic heterocycles. The summed E-state index contributed by atoms with van der Waals surface area (Å²) in [5.41, 5.74) is 3.33. The summed E-state index contributed by atoms with van der Waals surface area (Å²) in [7, 11) is 0. The van der Waals surface area contributed by atoms with Gasteiger partial charge in [0.25, 0.3) is 0 Å². The van der Waals surface area contributed by atoms with Gasteiger partial charge in [-0.1, -0.05) is 6.08 Å². The number of hydrogen-bond acceptors (Lipinski definition) is 6. The lowest BCUT2D eigenvalue weighted by Crippen LogP contribution is -2.06. The maximum absolute atomic E-state index is 15.1. The normalized spacial score (nSPS) is 11.7. The van der Waals surface area contributed by atoms with Crippen molar-refractivity contribution in [1.82, 2.24) is 15.0 Å². The number of halogens is 2. The van der Waals surface area contributed by atoms with Crippen LogP contribution in [0.2, 0.25) is 0 Å². The SMILES string of the molecule is C=CC/C(=C\C=C(/N=C)c1ccnc(NCc2cnc(-c3ccnc(C)c3)c(F)c2)c1F)N=C. The first-order valence-electron chi connectivity index (χ1n) is 10.4. The van der Waals surface area contributed by atoms with Gasteiger partial charge in [-0.15, -0.1) is 6.58 Å². The van der Waals surface area contributed by atoms with Gasteiger partial charge in [-0.05, 0) is 62.3 Å². The number of pyridine rings is 3. The average Bonchev–Trinajstić information content (AvgIpc) is 2.83. The summed E-state index contributed by atoms with van der Waals surface area (Å²) in [6, 6.07) is 6.31. The largest absolute Gasteiger partial charge is 0.363 e. The summed E-state index contributed by atoms with van der Waals surface area (Å²) in [6.07, 6.45) is 10.1. The first-order chi connectivity index (χ1) is 16.5. The van der Waals surface area contributed by atoms with Gasteiger partial charge in [0.15, 0.2) is 11.6 Å². The van der Waals surface area contributed by atoms with E-state index < -0.39 is 11.6 Å². The number of aryl methyl sites for hydroxylation is 1. The van der Waals surface area contributed by atoms with E-state index in [2.05, 4.69) is 50.3 Å². The quantitative estimate of drug-likeness (QED) is 0.232. The lowest BCUT2D eigenvalue weighted by molar-refractivity contribution is 0.618. The van der Waals surface area contributed by atoms with Gasteiger partial charge < -0.3 is 5.32 Å². The van der Waals surface area contributed by atoms with Crippen molar-refractivity contribution >= 4 is 24.9 Å². The highest BCUT2D eigenvalue weighted by molar-refractivity contribution is 5.71. The van der Waals surface area contributed by atoms with Crippen LogP contribution in [-0.2, 0) is 6.54 Å². The first kappa shape index (κ1) is 24.3. The van der Waals surface area contributed by atoms with Gasteiger partial charge in [-0.3, -0.25) is 20.0 Å². The molecule has 0 spiro atoms. The predicted octanol–water partition coefficient (Wildman–Crippen LogP) is 5.94. The van der Waals surface area contributed by atoms with E-state index in [1.54, 1.807) is 36.6 Å². The monoisotopic (exact) mass is 458 g/mol. The molecule has 0 aliphatic rings. The molecule has 0 aliphatic carbocycles. The lowest BCUT2D eigenvalue weighted by atomic mass is 10.1. The minimum atomic E-state index is -0.608. The Labute approximate surface area is 197 Å². The molecule has 3 aromatic rings. The molecule has 3 heterocycles. The van der Waals surface area contributed by atoms with Crippen LogP contribution in [0, 0.1) is 18.6 Å². The zero-order chi connectivity index (χ0) is 24.5. The molecule has 1 N–H and O–H groups in total. The second kappa shape index (κ2) is 11.5. The Morgan fingerprint density at radius 3 is 2.53 bits per heavy atom. The van der Waals surface area contributed by atoms with Crippen molar-refractivity contribution in [3.05, 3.63) is 102 Å². The van der Waals surface area contributed by atoms with Crippen LogP contribution < -0.4 is 5.32 Å². The fraction of sp³-hybridized carbons (Fsp3) is 0.115. The van der Waals surface area contributed by atoms with Crippen LogP contribution in [0.25, 0.3) is 17.0 Å². The smallest absolute Gasteiger partial charge is 0.174 e. The molecule has 0 fully saturated rings. The highest BCUT2D eigenvalue weighted by Crippen LogP contribution is 2.25. The van der Waals surface area contributed by atoms with Crippen molar-refractivity contribution in [2.45, 2.75) is 19.9 Å². The van der Waals surface area contributed by atoms with Crippen LogP contribution in [0.5, 0.6) is 0 Å². The minimum absolute atomic E-state index is 0.00145. The number of aromatic nitrogens is 3. The van der Waals surface area contributed by atoms with Gasteiger partial charge in [0, 0.05) is 54.1 Å². The topological polar surface area (TPSA) is 75.4 Å². The van der Waals surface area contributed by atoms with Crippen LogP contribution >= 0.6 is 0 Å². The number of hydrogen-bond donors (Lipinski definition) is 1. The Bertz CT molecular complexity index is 1280. The van der Waals surface area contributed by atoms with Crippen molar-refractivity contribution in [3.63, 3.8) is 0 Å². The Kier molecular flexibility index (Phi) is 8.23. The molecule has 0 amide bonds. The van der Waals surface area contributed by atoms with E-state index in [9.17, 15) is 4.39 Å². The van der Waals surface area contributed by atoms with E-state index in [1.807, 2.05) is 6.92 Å². The third-order valence-electron chi connectivity index (χ3n) is 4.85. The minimum Gasteiger partial charge on any atom is -0.363 e. The molecular formula is C26H24F2N6. The summed E-state index contributed by atoms with van der Waals surface area (Å²) in [6.45, 7) is 12.6. The summed E-state index contributed by atoms with van der Waals surface area (Å²) < 4.78 is 29.8. The van der Waals surface area contributed by atoms with Crippen LogP contribution in [0.4, 0.5) is 14.6 Å². The number of nitrogens with one attached hydrogen (secondary N) is 1. The molecule has 34 heavy (non-hydrogen) atoms. The second-order valence-electron chi connectivity index (χ2n) is 7.25. The molecule has 172 valence electrons. The molecular weight excluding hydrogens is 434 g/mol. The zero-order valence-corrected chi connectivity index (χ0v) is 18.8. The van der Waals surface area contributed by atoms with E-state index in [0.717, 1.165) is 5.69 Å². The molecule has 3 aromatic heterocycles. The highest BCUT2D eigenvalue weighted by Gasteiger charge is 2.13. The van der Waals surface area contributed by atoms with Gasteiger partial charge in [-0.25, -0.2) is 13.8 Å². The number of nitrogens with zero attached hydrogens (tertiary/aromatic N) is 5. The predicted molar refractivity (Wildman–Crippen MR) is 134 cm³/mol. The Balaban J connectivity index is 1.80. The summed E-state index contributed by atoms with van der Waals surface area (Å²) in [5, 5.41) is 2.89. The molecule has 0 aromatic carbocycles. The van der Waals surface area contributed by atoms with Gasteiger partial charge in [-0.2, -0.15) is 0 Å². The zero-order valence-electron chi connectivity index (χ0n) is 18.8. The summed E-state index contributed by atoms with van der Waals surface area (Å²) in [4.78, 5) is 20.2. The van der Waals surface area contributed by atoms with E-state index in [4.69, 9.17) is 0 Å². The molecule has 3 rings (SSSR count). The van der Waals surface area contributed by atoms with Crippen molar-refractivity contribution in [2.75, 3.05) is 5.32 Å². The molecule has 0 saturated carbocycles. The van der Waals surface area contributed by atoms with Crippen LogP contribution in [0.15, 0.2) is 83.3 Å². The molecule has 6 nitrogen and oxygen atoms in total. The Hall–Kier alpha value is -4.33. The molecule has 0 saturated heterocycles. The van der Waals surface area contributed by atoms with Gasteiger partial charge >= 0.3 is 0 Å². The maximum Gasteiger partial charge on any atom is 0.174 e. The van der Waals surface area contributed by atoms with Gasteiger partial charge in [0.2, 0.25) is 0 Å². The number of allylic oxidation sites excluding steroid dienone is 3. The molecule has 0 radical (unpaired) electrons. The van der Waals surface area contributed by atoms with E-state index in [-0.39, 0.29) is 23.6 Å². The summed E-state index contributed by atoms with van der Waals surface area (Å²) in [5.74, 6) is -1.09. The summed E-state index contributed by atoms with van der Waals surface area (Å²) >= 11 is 0. The fourth-order valence-electron chi connectivity index (χ4n) is 3.17. The second-order valence-corrected chi connectivity index (χ2v) is 7.25. The third-order valence-corrected chi connectivity index (χ3v) is 4.85. The Morgan fingerprint density at radius 1 is 1.06 bits per heavy atom. The molecule has 0 bridgehead atoms. The Morgan fingerprint density at radius 2 is 1.85 bits per heavy atom. The number of aliphatic imine (C=N–C) groups is 2. The molecule has 8 heteroatoms. The number of rotatable bonds is 10. The van der Waals surface area contributed by atoms with Crippen molar-refractivity contribution in [3.8, 4) is 11.3 Å². The third kappa shape index (κ3) is 5.92. The molecule has 0 atom stereocenters. The van der Waals surface area contributed by atoms with Crippen LogP contribution in [0.3, 0.4) is 0 Å². The lowest BCUT2D eigenvalue weighted by Gasteiger charge is -2.11. The molecule has 0 unspecified atom stereocenters. The number of anilines is 1. The van der Waals surface area contributed by atoms with Crippen LogP contribution in [0.1, 0.15) is 23.2 Å². The van der Waals surface area contributed by atoms with Crippen molar-refractivity contribution in [1.29, 1.82) is 0 Å². The standard InChI is InChI=1S/C26H24F2N6/c1-5-6-20(29-3)7-8-23(30-4)21-10-12-32-26(24(21)28)34-16-18-14-22(27)25(33-15-18)19-9-11-31-17(2)13-19/h5,7-15H,1,3-4,6,16H2,2H3,(H,32,34)/b20-7+,23-8-. The fourth-order valence-corrected chi connectivity index (χ4v) is 3.17. The van der Waals surface area contributed by atoms with Gasteiger partial charge in [0.1, 0.15) is 11.5 Å². The van der Waals surface area contributed by atoms with E-state index in [1.165, 1.54) is 24.5 Å². The van der Waals surface area contributed by atoms with Crippen molar-refractivity contribution in [2.24, 2.45) is 9.98 Å². The van der Waals surface area contributed by atoms with Crippen molar-refractivity contribution < 1.29 is 8.78 Å². The van der Waals surface area contributed by atoms with Gasteiger partial charge in [0.05, 0.1) is 5.70 Å². The average molecular weight is 459 g/mol. The van der Waals surface area contributed by atoms with E-state index >= 15 is 4.39 Å². The maximum atomic E-state index is 15.1. The first-order valence-corrected chi connectivity index (χ1v) is 10.4.